The van der Waals surface area contributed by atoms with Crippen molar-refractivity contribution in [1.29, 1.82) is 0 Å². The number of benzene rings is 1. The van der Waals surface area contributed by atoms with E-state index in [-0.39, 0.29) is 5.56 Å². The molecule has 0 aliphatic heterocycles. The van der Waals surface area contributed by atoms with Gasteiger partial charge in [0.25, 0.3) is 11.5 Å². The van der Waals surface area contributed by atoms with Crippen LogP contribution < -0.4 is 15.6 Å². The van der Waals surface area contributed by atoms with Crippen LogP contribution in [0.15, 0.2) is 47.4 Å². The summed E-state index contributed by atoms with van der Waals surface area (Å²) in [7, 11) is 1.60. The first-order chi connectivity index (χ1) is 13.1. The predicted molar refractivity (Wildman–Crippen MR) is 106 cm³/mol. The lowest BCUT2D eigenvalue weighted by atomic mass is 10.2. The number of fused-ring (bicyclic) bond motifs is 2. The maximum atomic E-state index is 12.7. The number of rotatable bonds is 4. The van der Waals surface area contributed by atoms with Crippen molar-refractivity contribution < 1.29 is 9.53 Å². The third-order valence-corrected chi connectivity index (χ3v) is 5.04. The average molecular weight is 380 g/mol. The van der Waals surface area contributed by atoms with E-state index in [1.807, 2.05) is 31.2 Å². The highest BCUT2D eigenvalue weighted by molar-refractivity contribution is 7.22. The number of nitrogens with one attached hydrogen (secondary N) is 1. The lowest BCUT2D eigenvalue weighted by molar-refractivity contribution is 0.102. The van der Waals surface area contributed by atoms with Gasteiger partial charge in [-0.3, -0.25) is 19.5 Å². The Bertz CT molecular complexity index is 1230. The number of aryl methyl sites for hydroxylation is 1. The molecule has 0 unspecified atom stereocenters. The second-order valence-corrected chi connectivity index (χ2v) is 6.90. The lowest BCUT2D eigenvalue weighted by Gasteiger charge is -2.07. The Kier molecular flexibility index (Phi) is 4.33. The molecule has 0 aliphatic carbocycles. The zero-order valence-electron chi connectivity index (χ0n) is 14.7. The Morgan fingerprint density at radius 2 is 2.15 bits per heavy atom. The highest BCUT2D eigenvalue weighted by atomic mass is 32.1. The summed E-state index contributed by atoms with van der Waals surface area (Å²) in [5.41, 5.74) is 0.933. The molecule has 1 N–H and O–H groups in total. The molecule has 0 aliphatic rings. The second-order valence-electron chi connectivity index (χ2n) is 5.87. The van der Waals surface area contributed by atoms with Gasteiger partial charge in [-0.25, -0.2) is 9.97 Å². The van der Waals surface area contributed by atoms with Gasteiger partial charge in [0.1, 0.15) is 17.0 Å². The van der Waals surface area contributed by atoms with E-state index >= 15 is 0 Å². The van der Waals surface area contributed by atoms with Crippen LogP contribution in [0.2, 0.25) is 0 Å². The number of pyridine rings is 2. The van der Waals surface area contributed by atoms with Gasteiger partial charge in [-0.15, -0.1) is 0 Å². The highest BCUT2D eigenvalue weighted by Crippen LogP contribution is 2.29. The van der Waals surface area contributed by atoms with E-state index in [0.717, 1.165) is 21.4 Å². The topological polar surface area (TPSA) is 86.1 Å². The number of carbonyl (C=O) groups excluding carboxylic acids is 1. The summed E-state index contributed by atoms with van der Waals surface area (Å²) in [5, 5.41) is 3.87. The van der Waals surface area contributed by atoms with Gasteiger partial charge < -0.3 is 4.74 Å². The Balaban J connectivity index is 1.68. The summed E-state index contributed by atoms with van der Waals surface area (Å²) in [4.78, 5) is 33.8. The first kappa shape index (κ1) is 17.2. The third kappa shape index (κ3) is 3.15. The zero-order chi connectivity index (χ0) is 19.0. The summed E-state index contributed by atoms with van der Waals surface area (Å²) >= 11 is 1.33. The van der Waals surface area contributed by atoms with Crippen LogP contribution in [0.25, 0.3) is 21.3 Å². The Morgan fingerprint density at radius 3 is 2.96 bits per heavy atom. The fourth-order valence-electron chi connectivity index (χ4n) is 2.84. The van der Waals surface area contributed by atoms with Crippen molar-refractivity contribution >= 4 is 43.6 Å². The second kappa shape index (κ2) is 6.81. The summed E-state index contributed by atoms with van der Waals surface area (Å²) in [6.45, 7) is 2.50. The Morgan fingerprint density at radius 1 is 1.30 bits per heavy atom. The number of nitrogens with zero attached hydrogens (tertiary/aromatic N) is 3. The Labute approximate surface area is 158 Å². The quantitative estimate of drug-likeness (QED) is 0.588. The Hall–Kier alpha value is -3.26. The molecule has 4 rings (SSSR count). The molecule has 1 aromatic carbocycles. The van der Waals surface area contributed by atoms with Crippen LogP contribution in [0.5, 0.6) is 5.75 Å². The van der Waals surface area contributed by atoms with E-state index in [9.17, 15) is 9.59 Å². The number of carbonyl (C=O) groups is 1. The van der Waals surface area contributed by atoms with Crippen LogP contribution in [0.1, 0.15) is 17.3 Å². The molecule has 136 valence electrons. The summed E-state index contributed by atoms with van der Waals surface area (Å²) in [5.74, 6) is 0.257. The number of hydrogen-bond donors (Lipinski definition) is 1. The number of ether oxygens (including phenoxy) is 1. The molecule has 4 aromatic rings. The van der Waals surface area contributed by atoms with Crippen LogP contribution in [0.4, 0.5) is 5.13 Å². The summed E-state index contributed by atoms with van der Waals surface area (Å²) < 4.78 is 7.75. The minimum atomic E-state index is -0.495. The average Bonchev–Trinajstić information content (AvgIpc) is 3.06. The van der Waals surface area contributed by atoms with E-state index in [4.69, 9.17) is 4.74 Å². The molecule has 27 heavy (non-hydrogen) atoms. The van der Waals surface area contributed by atoms with Gasteiger partial charge in [-0.2, -0.15) is 0 Å². The molecule has 0 radical (unpaired) electrons. The first-order valence-electron chi connectivity index (χ1n) is 8.36. The minimum Gasteiger partial charge on any atom is -0.494 e. The molecule has 0 fully saturated rings. The maximum absolute atomic E-state index is 12.7. The number of amides is 1. The number of anilines is 1. The van der Waals surface area contributed by atoms with E-state index in [0.29, 0.717) is 17.4 Å². The number of aromatic nitrogens is 3. The largest absolute Gasteiger partial charge is 0.494 e. The van der Waals surface area contributed by atoms with Crippen LogP contribution in [-0.2, 0) is 7.05 Å². The van der Waals surface area contributed by atoms with Gasteiger partial charge in [0.2, 0.25) is 0 Å². The van der Waals surface area contributed by atoms with Gasteiger partial charge in [0, 0.05) is 18.6 Å². The lowest BCUT2D eigenvalue weighted by Crippen LogP contribution is -2.28. The SMILES string of the molecule is CCOc1ccc2nc(NC(=O)c3cc4cccnc4n(C)c3=O)sc2c1. The molecule has 8 heteroatoms. The van der Waals surface area contributed by atoms with Crippen molar-refractivity contribution in [3.63, 3.8) is 0 Å². The monoisotopic (exact) mass is 380 g/mol. The fourth-order valence-corrected chi connectivity index (χ4v) is 3.73. The van der Waals surface area contributed by atoms with E-state index < -0.39 is 11.5 Å². The standard InChI is InChI=1S/C19H16N4O3S/c1-3-26-12-6-7-14-15(10-12)27-19(21-14)22-17(24)13-9-11-5-4-8-20-16(11)23(2)18(13)25/h4-10H,3H2,1-2H3,(H,21,22,24). The highest BCUT2D eigenvalue weighted by Gasteiger charge is 2.16. The predicted octanol–water partition coefficient (Wildman–Crippen LogP) is 3.19. The van der Waals surface area contributed by atoms with E-state index in [2.05, 4.69) is 15.3 Å². The van der Waals surface area contributed by atoms with Crippen molar-refractivity contribution in [3.05, 3.63) is 58.5 Å². The van der Waals surface area contributed by atoms with Gasteiger partial charge >= 0.3 is 0 Å². The molecule has 1 amide bonds. The maximum Gasteiger partial charge on any atom is 0.264 e. The van der Waals surface area contributed by atoms with Crippen molar-refractivity contribution in [2.75, 3.05) is 11.9 Å². The van der Waals surface area contributed by atoms with Crippen molar-refractivity contribution in [1.82, 2.24) is 14.5 Å². The van der Waals surface area contributed by atoms with Crippen LogP contribution >= 0.6 is 11.3 Å². The summed E-state index contributed by atoms with van der Waals surface area (Å²) in [6, 6.07) is 10.7. The minimum absolute atomic E-state index is 0.0484. The van der Waals surface area contributed by atoms with E-state index in [1.165, 1.54) is 15.9 Å². The van der Waals surface area contributed by atoms with Crippen LogP contribution in [0, 0.1) is 0 Å². The van der Waals surface area contributed by atoms with Gasteiger partial charge in [0.15, 0.2) is 5.13 Å². The van der Waals surface area contributed by atoms with Gasteiger partial charge in [-0.05, 0) is 43.3 Å². The molecule has 0 saturated heterocycles. The molecule has 7 nitrogen and oxygen atoms in total. The molecular formula is C19H16N4O3S. The van der Waals surface area contributed by atoms with Crippen molar-refractivity contribution in [2.24, 2.45) is 7.05 Å². The molecule has 3 aromatic heterocycles. The normalized spacial score (nSPS) is 11.0. The third-order valence-electron chi connectivity index (χ3n) is 4.11. The van der Waals surface area contributed by atoms with E-state index in [1.54, 1.807) is 25.4 Å². The van der Waals surface area contributed by atoms with Gasteiger partial charge in [-0.1, -0.05) is 11.3 Å². The molecule has 0 saturated carbocycles. The number of thiazole rings is 1. The zero-order valence-corrected chi connectivity index (χ0v) is 15.5. The smallest absolute Gasteiger partial charge is 0.264 e. The van der Waals surface area contributed by atoms with Gasteiger partial charge in [0.05, 0.1) is 16.8 Å². The summed E-state index contributed by atoms with van der Waals surface area (Å²) in [6.07, 6.45) is 1.61. The fraction of sp³-hybridized carbons (Fsp3) is 0.158. The first-order valence-corrected chi connectivity index (χ1v) is 9.18. The van der Waals surface area contributed by atoms with Crippen molar-refractivity contribution in [2.45, 2.75) is 6.92 Å². The van der Waals surface area contributed by atoms with Crippen molar-refractivity contribution in [3.8, 4) is 5.75 Å². The van der Waals surface area contributed by atoms with Crippen LogP contribution in [0.3, 0.4) is 0 Å². The molecule has 0 atom stereocenters. The molecular weight excluding hydrogens is 364 g/mol. The number of hydrogen-bond acceptors (Lipinski definition) is 6. The molecule has 3 heterocycles. The molecule has 0 bridgehead atoms. The van der Waals surface area contributed by atoms with Crippen LogP contribution in [-0.4, -0.2) is 27.0 Å². The molecule has 0 spiro atoms.